The van der Waals surface area contributed by atoms with E-state index in [0.717, 1.165) is 19.3 Å². The van der Waals surface area contributed by atoms with E-state index in [1.54, 1.807) is 0 Å². The highest BCUT2D eigenvalue weighted by molar-refractivity contribution is 4.90. The summed E-state index contributed by atoms with van der Waals surface area (Å²) in [5, 5.41) is 9.39. The van der Waals surface area contributed by atoms with E-state index in [0.29, 0.717) is 0 Å². The van der Waals surface area contributed by atoms with Crippen LogP contribution in [-0.4, -0.2) is 17.3 Å². The maximum atomic E-state index is 9.39. The van der Waals surface area contributed by atoms with E-state index in [4.69, 9.17) is 5.73 Å². The second-order valence-corrected chi connectivity index (χ2v) is 3.97. The van der Waals surface area contributed by atoms with Crippen LogP contribution in [0.25, 0.3) is 0 Å². The predicted molar refractivity (Wildman–Crippen MR) is 41.6 cm³/mol. The van der Waals surface area contributed by atoms with Crippen molar-refractivity contribution >= 4 is 0 Å². The molecule has 60 valence electrons. The molecule has 0 bridgehead atoms. The fourth-order valence-corrected chi connectivity index (χ4v) is 1.63. The highest BCUT2D eigenvalue weighted by atomic mass is 16.3. The number of aliphatic hydroxyl groups is 1. The van der Waals surface area contributed by atoms with E-state index in [9.17, 15) is 5.11 Å². The van der Waals surface area contributed by atoms with Crippen LogP contribution in [0.15, 0.2) is 0 Å². The number of hydrogen-bond donors (Lipinski definition) is 2. The lowest BCUT2D eigenvalue weighted by Crippen LogP contribution is -2.49. The predicted octanol–water partition coefficient (Wildman–Crippen LogP) is 0.885. The molecule has 0 radical (unpaired) electrons. The summed E-state index contributed by atoms with van der Waals surface area (Å²) in [6.45, 7) is 4.25. The van der Waals surface area contributed by atoms with Gasteiger partial charge in [0.05, 0.1) is 6.10 Å². The molecule has 1 aliphatic carbocycles. The minimum atomic E-state index is -0.274. The third-order valence-electron chi connectivity index (χ3n) is 2.64. The van der Waals surface area contributed by atoms with Gasteiger partial charge in [-0.15, -0.1) is 0 Å². The first kappa shape index (κ1) is 8.02. The van der Waals surface area contributed by atoms with Gasteiger partial charge in [0.25, 0.3) is 0 Å². The molecule has 2 heteroatoms. The highest BCUT2D eigenvalue weighted by Crippen LogP contribution is 2.34. The molecule has 1 saturated carbocycles. The molecule has 0 amide bonds. The lowest BCUT2D eigenvalue weighted by Gasteiger charge is -2.39. The van der Waals surface area contributed by atoms with Crippen molar-refractivity contribution in [2.45, 2.75) is 45.3 Å². The van der Waals surface area contributed by atoms with Gasteiger partial charge in [-0.3, -0.25) is 0 Å². The van der Waals surface area contributed by atoms with Crippen LogP contribution in [-0.2, 0) is 0 Å². The normalized spacial score (nSPS) is 39.6. The van der Waals surface area contributed by atoms with Gasteiger partial charge in [-0.25, -0.2) is 0 Å². The summed E-state index contributed by atoms with van der Waals surface area (Å²) in [5.41, 5.74) is 5.94. The van der Waals surface area contributed by atoms with Crippen LogP contribution < -0.4 is 5.73 Å². The number of rotatable bonds is 0. The van der Waals surface area contributed by atoms with E-state index >= 15 is 0 Å². The van der Waals surface area contributed by atoms with Gasteiger partial charge in [0.1, 0.15) is 0 Å². The van der Waals surface area contributed by atoms with Crippen molar-refractivity contribution in [1.29, 1.82) is 0 Å². The summed E-state index contributed by atoms with van der Waals surface area (Å²) < 4.78 is 0. The van der Waals surface area contributed by atoms with Crippen LogP contribution in [0, 0.1) is 5.41 Å². The molecule has 1 rings (SSSR count). The zero-order valence-corrected chi connectivity index (χ0v) is 6.80. The van der Waals surface area contributed by atoms with Crippen molar-refractivity contribution in [3.63, 3.8) is 0 Å². The van der Waals surface area contributed by atoms with Crippen molar-refractivity contribution in [1.82, 2.24) is 0 Å². The van der Waals surface area contributed by atoms with Crippen LogP contribution >= 0.6 is 0 Å². The Bertz CT molecular complexity index is 122. The van der Waals surface area contributed by atoms with Crippen LogP contribution in [0.2, 0.25) is 0 Å². The molecule has 0 aliphatic heterocycles. The summed E-state index contributed by atoms with van der Waals surface area (Å²) in [6, 6.07) is -0.0266. The van der Waals surface area contributed by atoms with Crippen LogP contribution in [0.1, 0.15) is 33.1 Å². The van der Waals surface area contributed by atoms with E-state index < -0.39 is 0 Å². The zero-order chi connectivity index (χ0) is 7.78. The number of nitrogens with two attached hydrogens (primary N) is 1. The average Bonchev–Trinajstić information content (AvgIpc) is 1.83. The van der Waals surface area contributed by atoms with Crippen molar-refractivity contribution in [2.75, 3.05) is 0 Å². The van der Waals surface area contributed by atoms with Crippen molar-refractivity contribution in [3.8, 4) is 0 Å². The van der Waals surface area contributed by atoms with Gasteiger partial charge in [-0.1, -0.05) is 20.3 Å². The molecule has 1 aliphatic rings. The molecule has 1 fully saturated rings. The highest BCUT2D eigenvalue weighted by Gasteiger charge is 2.35. The van der Waals surface area contributed by atoms with Crippen LogP contribution in [0.4, 0.5) is 0 Å². The molecular formula is C8H17NO. The summed E-state index contributed by atoms with van der Waals surface area (Å²) in [6.07, 6.45) is 2.86. The minimum absolute atomic E-state index is 0.0266. The molecule has 0 aromatic rings. The van der Waals surface area contributed by atoms with Gasteiger partial charge in [0.2, 0.25) is 0 Å². The maximum absolute atomic E-state index is 9.39. The Morgan fingerprint density at radius 1 is 1.50 bits per heavy atom. The summed E-state index contributed by atoms with van der Waals surface area (Å²) in [7, 11) is 0. The minimum Gasteiger partial charge on any atom is -0.391 e. The van der Waals surface area contributed by atoms with Gasteiger partial charge in [0.15, 0.2) is 0 Å². The monoisotopic (exact) mass is 143 g/mol. The molecule has 10 heavy (non-hydrogen) atoms. The Morgan fingerprint density at radius 3 is 2.50 bits per heavy atom. The Morgan fingerprint density at radius 2 is 2.10 bits per heavy atom. The van der Waals surface area contributed by atoms with Gasteiger partial charge in [-0.2, -0.15) is 0 Å². The average molecular weight is 143 g/mol. The van der Waals surface area contributed by atoms with E-state index in [1.165, 1.54) is 0 Å². The van der Waals surface area contributed by atoms with Crippen molar-refractivity contribution < 1.29 is 5.11 Å². The van der Waals surface area contributed by atoms with E-state index in [1.807, 2.05) is 0 Å². The largest absolute Gasteiger partial charge is 0.391 e. The van der Waals surface area contributed by atoms with E-state index in [2.05, 4.69) is 13.8 Å². The fourth-order valence-electron chi connectivity index (χ4n) is 1.63. The Kier molecular flexibility index (Phi) is 2.02. The Balaban J connectivity index is 2.60. The molecule has 2 nitrogen and oxygen atoms in total. The molecule has 2 atom stereocenters. The molecule has 0 heterocycles. The molecule has 0 saturated heterocycles. The lowest BCUT2D eigenvalue weighted by molar-refractivity contribution is 0.0392. The summed E-state index contributed by atoms with van der Waals surface area (Å²) >= 11 is 0. The Labute approximate surface area is 62.4 Å². The van der Waals surface area contributed by atoms with Gasteiger partial charge >= 0.3 is 0 Å². The first-order valence-electron chi connectivity index (χ1n) is 3.98. The lowest BCUT2D eigenvalue weighted by atomic mass is 9.72. The quantitative estimate of drug-likeness (QED) is 0.529. The van der Waals surface area contributed by atoms with E-state index in [-0.39, 0.29) is 17.6 Å². The third kappa shape index (κ3) is 1.32. The second-order valence-electron chi connectivity index (χ2n) is 3.97. The second kappa shape index (κ2) is 2.51. The molecule has 0 aromatic heterocycles. The molecular weight excluding hydrogens is 126 g/mol. The molecule has 0 unspecified atom stereocenters. The summed E-state index contributed by atoms with van der Waals surface area (Å²) in [4.78, 5) is 0. The number of aliphatic hydroxyl groups excluding tert-OH is 1. The van der Waals surface area contributed by atoms with Crippen molar-refractivity contribution in [3.05, 3.63) is 0 Å². The van der Waals surface area contributed by atoms with Crippen LogP contribution in [0.3, 0.4) is 0 Å². The van der Waals surface area contributed by atoms with Gasteiger partial charge in [-0.05, 0) is 18.3 Å². The van der Waals surface area contributed by atoms with Crippen molar-refractivity contribution in [2.24, 2.45) is 11.1 Å². The number of hydrogen-bond acceptors (Lipinski definition) is 2. The maximum Gasteiger partial charge on any atom is 0.0696 e. The fraction of sp³-hybridized carbons (Fsp3) is 1.00. The third-order valence-corrected chi connectivity index (χ3v) is 2.64. The van der Waals surface area contributed by atoms with Crippen LogP contribution in [0.5, 0.6) is 0 Å². The SMILES string of the molecule is CC1(C)CCC[C@H](O)[C@@H]1N. The summed E-state index contributed by atoms with van der Waals surface area (Å²) in [5.74, 6) is 0. The standard InChI is InChI=1S/C8H17NO/c1-8(2)5-3-4-6(10)7(8)9/h6-7,10H,3-5,9H2,1-2H3/t6-,7-/m0/s1. The zero-order valence-electron chi connectivity index (χ0n) is 6.80. The Hall–Kier alpha value is -0.0800. The van der Waals surface area contributed by atoms with Gasteiger partial charge in [0, 0.05) is 6.04 Å². The molecule has 0 spiro atoms. The first-order valence-corrected chi connectivity index (χ1v) is 3.98. The first-order chi connectivity index (χ1) is 4.54. The smallest absolute Gasteiger partial charge is 0.0696 e. The van der Waals surface area contributed by atoms with Gasteiger partial charge < -0.3 is 10.8 Å². The molecule has 0 aromatic carbocycles. The topological polar surface area (TPSA) is 46.2 Å². The molecule has 3 N–H and O–H groups in total.